The third kappa shape index (κ3) is 5.84. The van der Waals surface area contributed by atoms with Gasteiger partial charge >= 0.3 is 12.1 Å². The van der Waals surface area contributed by atoms with E-state index in [9.17, 15) is 28.2 Å². The Labute approximate surface area is 218 Å². The van der Waals surface area contributed by atoms with E-state index in [-0.39, 0.29) is 12.1 Å². The highest BCUT2D eigenvalue weighted by atomic mass is 19.4. The van der Waals surface area contributed by atoms with E-state index in [4.69, 9.17) is 9.47 Å². The number of benzene rings is 3. The van der Waals surface area contributed by atoms with Crippen LogP contribution in [-0.2, 0) is 17.5 Å². The SMILES string of the molecule is Cc1c(/C=C/c2cc(CN[C@](C)(CO)C(=O)O)ccc2C(F)(F)F)cccc1-c1ccc2c(c1)OCCO2. The Kier molecular flexibility index (Phi) is 7.80. The number of rotatable bonds is 8. The second-order valence-corrected chi connectivity index (χ2v) is 9.28. The third-order valence-corrected chi connectivity index (χ3v) is 6.56. The number of halogens is 3. The molecule has 0 radical (unpaired) electrons. The largest absolute Gasteiger partial charge is 0.486 e. The Morgan fingerprint density at radius 1 is 1.00 bits per heavy atom. The molecular weight excluding hydrogens is 499 g/mol. The fraction of sp³-hybridized carbons (Fsp3) is 0.276. The number of fused-ring (bicyclic) bond motifs is 1. The number of carboxylic acid groups (broad SMARTS) is 1. The molecule has 3 aromatic carbocycles. The number of ether oxygens (including phenoxy) is 2. The predicted octanol–water partition coefficient (Wildman–Crippen LogP) is 5.55. The Balaban J connectivity index is 1.65. The Hall–Kier alpha value is -3.82. The summed E-state index contributed by atoms with van der Waals surface area (Å²) in [7, 11) is 0. The van der Waals surface area contributed by atoms with Crippen LogP contribution in [-0.4, -0.2) is 41.5 Å². The van der Waals surface area contributed by atoms with Gasteiger partial charge in [0.15, 0.2) is 11.5 Å². The Bertz CT molecular complexity index is 1370. The first-order chi connectivity index (χ1) is 18.0. The predicted molar refractivity (Wildman–Crippen MR) is 138 cm³/mol. The lowest BCUT2D eigenvalue weighted by molar-refractivity contribution is -0.146. The minimum absolute atomic E-state index is 0.0407. The van der Waals surface area contributed by atoms with Crippen molar-refractivity contribution >= 4 is 18.1 Å². The Morgan fingerprint density at radius 3 is 2.39 bits per heavy atom. The quantitative estimate of drug-likeness (QED) is 0.333. The lowest BCUT2D eigenvalue weighted by atomic mass is 9.95. The monoisotopic (exact) mass is 527 g/mol. The molecule has 1 heterocycles. The second-order valence-electron chi connectivity index (χ2n) is 9.28. The number of aliphatic hydroxyl groups excluding tert-OH is 1. The number of carboxylic acids is 1. The van der Waals surface area contributed by atoms with Gasteiger partial charge in [0.1, 0.15) is 18.8 Å². The van der Waals surface area contributed by atoms with Crippen LogP contribution in [0.15, 0.2) is 54.6 Å². The van der Waals surface area contributed by atoms with Crippen LogP contribution in [0.4, 0.5) is 13.2 Å². The molecule has 9 heteroatoms. The molecule has 0 fully saturated rings. The van der Waals surface area contributed by atoms with Crippen LogP contribution in [0.5, 0.6) is 11.5 Å². The van der Waals surface area contributed by atoms with Gasteiger partial charge in [0.2, 0.25) is 0 Å². The average Bonchev–Trinajstić information content (AvgIpc) is 2.90. The van der Waals surface area contributed by atoms with Gasteiger partial charge in [-0.3, -0.25) is 10.1 Å². The van der Waals surface area contributed by atoms with Gasteiger partial charge in [-0.25, -0.2) is 0 Å². The zero-order chi connectivity index (χ0) is 27.5. The first-order valence-corrected chi connectivity index (χ1v) is 12.0. The zero-order valence-corrected chi connectivity index (χ0v) is 20.9. The Morgan fingerprint density at radius 2 is 1.71 bits per heavy atom. The highest BCUT2D eigenvalue weighted by molar-refractivity contribution is 5.79. The van der Waals surface area contributed by atoms with Crippen LogP contribution >= 0.6 is 0 Å². The summed E-state index contributed by atoms with van der Waals surface area (Å²) in [6, 6.07) is 14.9. The van der Waals surface area contributed by atoms with Crippen molar-refractivity contribution in [3.05, 3.63) is 82.4 Å². The molecule has 0 saturated carbocycles. The third-order valence-electron chi connectivity index (χ3n) is 6.56. The number of hydrogen-bond donors (Lipinski definition) is 3. The van der Waals surface area contributed by atoms with Crippen molar-refractivity contribution in [2.75, 3.05) is 19.8 Å². The van der Waals surface area contributed by atoms with Crippen LogP contribution in [0.3, 0.4) is 0 Å². The molecule has 0 spiro atoms. The van der Waals surface area contributed by atoms with Crippen LogP contribution < -0.4 is 14.8 Å². The minimum atomic E-state index is -4.57. The van der Waals surface area contributed by atoms with Gasteiger partial charge in [-0.05, 0) is 71.5 Å². The molecule has 200 valence electrons. The summed E-state index contributed by atoms with van der Waals surface area (Å²) in [5.74, 6) is 0.0559. The summed E-state index contributed by atoms with van der Waals surface area (Å²) < 4.78 is 52.6. The minimum Gasteiger partial charge on any atom is -0.486 e. The summed E-state index contributed by atoms with van der Waals surface area (Å²) in [6.07, 6.45) is -1.53. The van der Waals surface area contributed by atoms with Gasteiger partial charge < -0.3 is 19.7 Å². The maximum absolute atomic E-state index is 13.8. The van der Waals surface area contributed by atoms with E-state index in [1.165, 1.54) is 25.1 Å². The number of aliphatic carboxylic acids is 1. The van der Waals surface area contributed by atoms with Gasteiger partial charge in [0.05, 0.1) is 12.2 Å². The topological polar surface area (TPSA) is 88.0 Å². The van der Waals surface area contributed by atoms with Crippen molar-refractivity contribution in [2.45, 2.75) is 32.1 Å². The number of carbonyl (C=O) groups is 1. The number of nitrogens with one attached hydrogen (secondary N) is 1. The zero-order valence-electron chi connectivity index (χ0n) is 20.9. The molecule has 0 unspecified atom stereocenters. The van der Waals surface area contributed by atoms with E-state index in [0.717, 1.165) is 28.3 Å². The van der Waals surface area contributed by atoms with Crippen LogP contribution in [0.1, 0.15) is 34.7 Å². The molecule has 4 rings (SSSR count). The highest BCUT2D eigenvalue weighted by Crippen LogP contribution is 2.37. The van der Waals surface area contributed by atoms with E-state index in [0.29, 0.717) is 30.3 Å². The van der Waals surface area contributed by atoms with Crippen molar-refractivity contribution in [1.29, 1.82) is 0 Å². The van der Waals surface area contributed by atoms with Crippen LogP contribution in [0.2, 0.25) is 0 Å². The average molecular weight is 528 g/mol. The number of aliphatic hydroxyl groups is 1. The number of hydrogen-bond acceptors (Lipinski definition) is 5. The summed E-state index contributed by atoms with van der Waals surface area (Å²) in [5.41, 5.74) is 1.40. The molecule has 0 amide bonds. The van der Waals surface area contributed by atoms with E-state index < -0.39 is 29.9 Å². The lowest BCUT2D eigenvalue weighted by Crippen LogP contribution is -2.52. The maximum Gasteiger partial charge on any atom is 0.416 e. The first-order valence-electron chi connectivity index (χ1n) is 12.0. The van der Waals surface area contributed by atoms with Gasteiger partial charge in [-0.15, -0.1) is 0 Å². The van der Waals surface area contributed by atoms with Gasteiger partial charge in [-0.1, -0.05) is 42.5 Å². The fourth-order valence-corrected chi connectivity index (χ4v) is 4.15. The molecule has 3 N–H and O–H groups in total. The molecule has 0 aliphatic carbocycles. The van der Waals surface area contributed by atoms with Crippen molar-refractivity contribution < 1.29 is 37.7 Å². The smallest absolute Gasteiger partial charge is 0.416 e. The van der Waals surface area contributed by atoms with Crippen molar-refractivity contribution in [1.82, 2.24) is 5.32 Å². The summed E-state index contributed by atoms with van der Waals surface area (Å²) in [5, 5.41) is 21.4. The molecule has 3 aromatic rings. The van der Waals surface area contributed by atoms with Crippen LogP contribution in [0, 0.1) is 6.92 Å². The lowest BCUT2D eigenvalue weighted by Gasteiger charge is -2.24. The van der Waals surface area contributed by atoms with Crippen molar-refractivity contribution in [3.63, 3.8) is 0 Å². The van der Waals surface area contributed by atoms with E-state index in [2.05, 4.69) is 5.32 Å². The van der Waals surface area contributed by atoms with Crippen molar-refractivity contribution in [3.8, 4) is 22.6 Å². The second kappa shape index (κ2) is 10.9. The molecule has 38 heavy (non-hydrogen) atoms. The molecular formula is C29H28F3NO5. The van der Waals surface area contributed by atoms with E-state index in [1.807, 2.05) is 43.3 Å². The molecule has 0 saturated heterocycles. The fourth-order valence-electron chi connectivity index (χ4n) is 4.15. The maximum atomic E-state index is 13.8. The summed E-state index contributed by atoms with van der Waals surface area (Å²) in [6.45, 7) is 3.44. The van der Waals surface area contributed by atoms with Gasteiger partial charge in [0.25, 0.3) is 0 Å². The van der Waals surface area contributed by atoms with Gasteiger partial charge in [0, 0.05) is 6.54 Å². The van der Waals surface area contributed by atoms with E-state index in [1.54, 1.807) is 6.08 Å². The standard InChI is InChI=1S/C29H28F3NO5/c1-18-20(4-3-5-23(18)21-9-11-25-26(15-21)38-13-12-37-25)7-8-22-14-19(6-10-24(22)29(30,31)32)16-33-28(2,17-34)27(35)36/h3-11,14-15,33-34H,12-13,16-17H2,1-2H3,(H,35,36)/b8-7+/t28-/m1/s1. The first kappa shape index (κ1) is 27.2. The molecule has 0 aromatic heterocycles. The number of alkyl halides is 3. The summed E-state index contributed by atoms with van der Waals surface area (Å²) in [4.78, 5) is 11.4. The molecule has 1 aliphatic heterocycles. The molecule has 0 bridgehead atoms. The van der Waals surface area contributed by atoms with Gasteiger partial charge in [-0.2, -0.15) is 13.2 Å². The molecule has 1 aliphatic rings. The highest BCUT2D eigenvalue weighted by Gasteiger charge is 2.34. The summed E-state index contributed by atoms with van der Waals surface area (Å²) >= 11 is 0. The molecule has 6 nitrogen and oxygen atoms in total. The van der Waals surface area contributed by atoms with Crippen LogP contribution in [0.25, 0.3) is 23.3 Å². The molecule has 1 atom stereocenters. The van der Waals surface area contributed by atoms with Crippen molar-refractivity contribution in [2.24, 2.45) is 0 Å². The van der Waals surface area contributed by atoms with E-state index >= 15 is 0 Å². The normalized spacial score (nSPS) is 14.9.